The van der Waals surface area contributed by atoms with Crippen LogP contribution in [0.15, 0.2) is 24.3 Å². The van der Waals surface area contributed by atoms with E-state index in [0.717, 1.165) is 38.4 Å². The molecule has 1 aliphatic heterocycles. The lowest BCUT2D eigenvalue weighted by Crippen LogP contribution is -2.46. The molecule has 0 unspecified atom stereocenters. The van der Waals surface area contributed by atoms with Crippen LogP contribution in [0.2, 0.25) is 5.28 Å². The number of likely N-dealkylation sites (N-methyl/N-ethyl adjacent to an activating group) is 1. The van der Waals surface area contributed by atoms with Crippen molar-refractivity contribution in [2.45, 2.75) is 6.92 Å². The molecule has 0 radical (unpaired) electrons. The van der Waals surface area contributed by atoms with E-state index in [1.807, 2.05) is 12.1 Å². The van der Waals surface area contributed by atoms with Crippen LogP contribution in [0.5, 0.6) is 0 Å². The van der Waals surface area contributed by atoms with Crippen molar-refractivity contribution in [2.24, 2.45) is 0 Å². The Labute approximate surface area is 147 Å². The third kappa shape index (κ3) is 4.04. The van der Waals surface area contributed by atoms with Crippen LogP contribution < -0.4 is 15.5 Å². The summed E-state index contributed by atoms with van der Waals surface area (Å²) in [6, 6.07) is 8.29. The molecule has 3 rings (SSSR count). The number of benzene rings is 1. The molecule has 0 atom stereocenters. The first-order valence-electron chi connectivity index (χ1n) is 8.11. The average Bonchev–Trinajstić information content (AvgIpc) is 2.62. The van der Waals surface area contributed by atoms with Gasteiger partial charge in [0.05, 0.1) is 0 Å². The number of anilines is 4. The molecule has 0 spiro atoms. The van der Waals surface area contributed by atoms with Gasteiger partial charge in [0.2, 0.25) is 17.2 Å². The third-order valence-corrected chi connectivity index (χ3v) is 4.31. The quantitative estimate of drug-likeness (QED) is 0.860. The normalized spacial score (nSPS) is 15.4. The molecule has 7 nitrogen and oxygen atoms in total. The molecule has 0 aliphatic carbocycles. The fraction of sp³-hybridized carbons (Fsp3) is 0.438. The van der Waals surface area contributed by atoms with Crippen molar-refractivity contribution in [3.63, 3.8) is 0 Å². The topological polar surface area (TPSA) is 69.2 Å². The Morgan fingerprint density at radius 1 is 1.00 bits per heavy atom. The Morgan fingerprint density at radius 3 is 2.29 bits per heavy atom. The Morgan fingerprint density at radius 2 is 1.67 bits per heavy atom. The van der Waals surface area contributed by atoms with Crippen LogP contribution in [0, 0.1) is 0 Å². The van der Waals surface area contributed by atoms with E-state index in [1.165, 1.54) is 5.69 Å². The predicted octanol–water partition coefficient (Wildman–Crippen LogP) is 2.45. The highest BCUT2D eigenvalue weighted by atomic mass is 35.5. The zero-order valence-corrected chi connectivity index (χ0v) is 14.7. The van der Waals surface area contributed by atoms with E-state index >= 15 is 0 Å². The van der Waals surface area contributed by atoms with Crippen LogP contribution in [0.4, 0.5) is 23.3 Å². The number of rotatable bonds is 5. The molecule has 2 aromatic rings. The monoisotopic (exact) mass is 347 g/mol. The van der Waals surface area contributed by atoms with Gasteiger partial charge in [0.1, 0.15) is 0 Å². The second-order valence-electron chi connectivity index (χ2n) is 5.59. The highest BCUT2D eigenvalue weighted by Gasteiger charge is 2.15. The smallest absolute Gasteiger partial charge is 0.233 e. The molecule has 1 aromatic carbocycles. The molecule has 24 heavy (non-hydrogen) atoms. The van der Waals surface area contributed by atoms with Gasteiger partial charge in [-0.1, -0.05) is 6.92 Å². The van der Waals surface area contributed by atoms with Crippen molar-refractivity contribution in [3.05, 3.63) is 29.5 Å². The minimum absolute atomic E-state index is 0.155. The Hall–Kier alpha value is -2.12. The molecule has 1 fully saturated rings. The maximum absolute atomic E-state index is 5.89. The van der Waals surface area contributed by atoms with E-state index in [0.29, 0.717) is 11.9 Å². The van der Waals surface area contributed by atoms with Crippen molar-refractivity contribution >= 4 is 34.9 Å². The van der Waals surface area contributed by atoms with Crippen LogP contribution in [-0.4, -0.2) is 59.6 Å². The molecule has 128 valence electrons. The van der Waals surface area contributed by atoms with Crippen molar-refractivity contribution in [1.82, 2.24) is 19.9 Å². The summed E-state index contributed by atoms with van der Waals surface area (Å²) in [6.45, 7) is 7.70. The first kappa shape index (κ1) is 16.7. The second-order valence-corrected chi connectivity index (χ2v) is 5.93. The van der Waals surface area contributed by atoms with Gasteiger partial charge in [0, 0.05) is 44.6 Å². The summed E-state index contributed by atoms with van der Waals surface area (Å²) < 4.78 is 0. The van der Waals surface area contributed by atoms with Crippen LogP contribution >= 0.6 is 11.6 Å². The van der Waals surface area contributed by atoms with Gasteiger partial charge < -0.3 is 20.4 Å². The summed E-state index contributed by atoms with van der Waals surface area (Å²) in [5.41, 5.74) is 2.15. The lowest BCUT2D eigenvalue weighted by Gasteiger charge is -2.35. The highest BCUT2D eigenvalue weighted by Crippen LogP contribution is 2.21. The number of nitrogens with zero attached hydrogens (tertiary/aromatic N) is 5. The summed E-state index contributed by atoms with van der Waals surface area (Å²) >= 11 is 5.89. The predicted molar refractivity (Wildman–Crippen MR) is 98.4 cm³/mol. The summed E-state index contributed by atoms with van der Waals surface area (Å²) in [4.78, 5) is 17.2. The molecule has 0 bridgehead atoms. The second kappa shape index (κ2) is 7.63. The van der Waals surface area contributed by atoms with E-state index in [1.54, 1.807) is 7.05 Å². The summed E-state index contributed by atoms with van der Waals surface area (Å²) in [5, 5.41) is 6.16. The maximum Gasteiger partial charge on any atom is 0.233 e. The van der Waals surface area contributed by atoms with Gasteiger partial charge >= 0.3 is 0 Å². The van der Waals surface area contributed by atoms with Gasteiger partial charge in [-0.05, 0) is 42.4 Å². The maximum atomic E-state index is 5.89. The van der Waals surface area contributed by atoms with Crippen LogP contribution in [0.25, 0.3) is 0 Å². The number of halogens is 1. The Kier molecular flexibility index (Phi) is 5.32. The molecule has 8 heteroatoms. The minimum Gasteiger partial charge on any atom is -0.369 e. The zero-order valence-electron chi connectivity index (χ0n) is 14.0. The van der Waals surface area contributed by atoms with E-state index in [4.69, 9.17) is 11.6 Å². The van der Waals surface area contributed by atoms with Crippen LogP contribution in [0.3, 0.4) is 0 Å². The summed E-state index contributed by atoms with van der Waals surface area (Å²) in [7, 11) is 1.74. The van der Waals surface area contributed by atoms with Crippen molar-refractivity contribution < 1.29 is 0 Å². The van der Waals surface area contributed by atoms with Crippen molar-refractivity contribution in [3.8, 4) is 0 Å². The molecule has 1 aliphatic rings. The largest absolute Gasteiger partial charge is 0.369 e. The fourth-order valence-corrected chi connectivity index (χ4v) is 2.88. The molecule has 0 amide bonds. The van der Waals surface area contributed by atoms with Gasteiger partial charge in [-0.2, -0.15) is 15.0 Å². The first-order chi connectivity index (χ1) is 11.7. The zero-order chi connectivity index (χ0) is 16.9. The summed E-state index contributed by atoms with van der Waals surface area (Å²) in [5.74, 6) is 0.853. The number of hydrogen-bond donors (Lipinski definition) is 2. The van der Waals surface area contributed by atoms with Gasteiger partial charge in [0.25, 0.3) is 0 Å². The standard InChI is InChI=1S/C16H22ClN7/c1-3-23-8-10-24(11-9-23)13-6-4-12(5-7-13)19-16-21-14(17)20-15(18-2)22-16/h4-7H,3,8-11H2,1-2H3,(H2,18,19,20,21,22). The number of nitrogens with one attached hydrogen (secondary N) is 2. The molecule has 2 N–H and O–H groups in total. The Bertz CT molecular complexity index is 669. The van der Waals surface area contributed by atoms with Crippen LogP contribution in [0.1, 0.15) is 6.92 Å². The average molecular weight is 348 g/mol. The van der Waals surface area contributed by atoms with Gasteiger partial charge in [-0.25, -0.2) is 0 Å². The minimum atomic E-state index is 0.155. The lowest BCUT2D eigenvalue weighted by molar-refractivity contribution is 0.271. The fourth-order valence-electron chi connectivity index (χ4n) is 2.72. The van der Waals surface area contributed by atoms with Crippen molar-refractivity contribution in [1.29, 1.82) is 0 Å². The third-order valence-electron chi connectivity index (χ3n) is 4.14. The van der Waals surface area contributed by atoms with Gasteiger partial charge in [0.15, 0.2) is 0 Å². The van der Waals surface area contributed by atoms with E-state index < -0.39 is 0 Å². The number of hydrogen-bond acceptors (Lipinski definition) is 7. The molecule has 0 saturated carbocycles. The van der Waals surface area contributed by atoms with Gasteiger partial charge in [-0.15, -0.1) is 0 Å². The molecular formula is C16H22ClN7. The molecule has 1 saturated heterocycles. The SMILES string of the molecule is CCN1CCN(c2ccc(Nc3nc(Cl)nc(NC)n3)cc2)CC1. The highest BCUT2D eigenvalue weighted by molar-refractivity contribution is 6.28. The molecule has 1 aromatic heterocycles. The Balaban J connectivity index is 1.66. The molecular weight excluding hydrogens is 326 g/mol. The lowest BCUT2D eigenvalue weighted by atomic mass is 10.2. The first-order valence-corrected chi connectivity index (χ1v) is 8.49. The molecule has 2 heterocycles. The summed E-state index contributed by atoms with van der Waals surface area (Å²) in [6.07, 6.45) is 0. The van der Waals surface area contributed by atoms with Crippen molar-refractivity contribution in [2.75, 3.05) is 55.3 Å². The van der Waals surface area contributed by atoms with Crippen LogP contribution in [-0.2, 0) is 0 Å². The number of aromatic nitrogens is 3. The van der Waals surface area contributed by atoms with E-state index in [-0.39, 0.29) is 5.28 Å². The van der Waals surface area contributed by atoms with E-state index in [9.17, 15) is 0 Å². The van der Waals surface area contributed by atoms with Gasteiger partial charge in [-0.3, -0.25) is 0 Å². The number of piperazine rings is 1. The van der Waals surface area contributed by atoms with E-state index in [2.05, 4.69) is 54.4 Å².